The fraction of sp³-hybridized carbons (Fsp3) is 0.875. The molecule has 3 aliphatic rings. The van der Waals surface area contributed by atoms with E-state index in [4.69, 9.17) is 9.57 Å². The lowest BCUT2D eigenvalue weighted by Crippen LogP contribution is -2.46. The number of esters is 1. The van der Waals surface area contributed by atoms with Gasteiger partial charge in [0, 0.05) is 5.92 Å². The SMILES string of the molecule is C[C@H]1ON2[C@H]3COC(=O)[C@@H]2[C@@H]1C3. The van der Waals surface area contributed by atoms with Crippen LogP contribution in [-0.4, -0.2) is 35.8 Å². The van der Waals surface area contributed by atoms with E-state index in [-0.39, 0.29) is 18.1 Å². The van der Waals surface area contributed by atoms with Crippen molar-refractivity contribution in [2.45, 2.75) is 31.5 Å². The Morgan fingerprint density at radius 1 is 1.58 bits per heavy atom. The van der Waals surface area contributed by atoms with Crippen molar-refractivity contribution in [2.24, 2.45) is 5.92 Å². The maximum Gasteiger partial charge on any atom is 0.326 e. The molecule has 3 fully saturated rings. The molecule has 3 saturated heterocycles. The molecule has 0 aromatic heterocycles. The van der Waals surface area contributed by atoms with Crippen molar-refractivity contribution >= 4 is 5.97 Å². The van der Waals surface area contributed by atoms with Crippen LogP contribution in [0.5, 0.6) is 0 Å². The predicted molar refractivity (Wildman–Crippen MR) is 39.0 cm³/mol. The molecule has 12 heavy (non-hydrogen) atoms. The molecule has 3 aliphatic heterocycles. The number of ether oxygens (including phenoxy) is 1. The number of cyclic esters (lactones) is 1. The maximum atomic E-state index is 11.3. The quantitative estimate of drug-likeness (QED) is 0.476. The topological polar surface area (TPSA) is 38.8 Å². The summed E-state index contributed by atoms with van der Waals surface area (Å²) in [6, 6.07) is 0.229. The second kappa shape index (κ2) is 2.00. The van der Waals surface area contributed by atoms with Gasteiger partial charge in [0.05, 0.1) is 12.1 Å². The average Bonchev–Trinajstić information content (AvgIpc) is 2.47. The average molecular weight is 169 g/mol. The highest BCUT2D eigenvalue weighted by atomic mass is 16.7. The summed E-state index contributed by atoms with van der Waals surface area (Å²) in [7, 11) is 0. The summed E-state index contributed by atoms with van der Waals surface area (Å²) in [5.41, 5.74) is 0. The van der Waals surface area contributed by atoms with Gasteiger partial charge < -0.3 is 4.74 Å². The van der Waals surface area contributed by atoms with E-state index in [1.54, 1.807) is 0 Å². The van der Waals surface area contributed by atoms with Crippen molar-refractivity contribution in [3.63, 3.8) is 0 Å². The third-order valence-electron chi connectivity index (χ3n) is 3.13. The number of rotatable bonds is 0. The molecule has 0 N–H and O–H groups in total. The molecule has 66 valence electrons. The zero-order valence-electron chi connectivity index (χ0n) is 6.90. The highest BCUT2D eigenvalue weighted by Crippen LogP contribution is 2.43. The fourth-order valence-electron chi connectivity index (χ4n) is 2.52. The van der Waals surface area contributed by atoms with Crippen LogP contribution in [0.25, 0.3) is 0 Å². The Labute approximate surface area is 70.4 Å². The first-order chi connectivity index (χ1) is 5.77. The molecular formula is C8H11NO3. The molecule has 0 spiro atoms. The van der Waals surface area contributed by atoms with Gasteiger partial charge in [-0.25, -0.2) is 0 Å². The minimum Gasteiger partial charge on any atom is -0.463 e. The van der Waals surface area contributed by atoms with Crippen molar-refractivity contribution in [1.29, 1.82) is 0 Å². The van der Waals surface area contributed by atoms with Gasteiger partial charge in [-0.2, -0.15) is 5.06 Å². The summed E-state index contributed by atoms with van der Waals surface area (Å²) in [4.78, 5) is 16.8. The van der Waals surface area contributed by atoms with E-state index >= 15 is 0 Å². The van der Waals surface area contributed by atoms with Gasteiger partial charge in [-0.1, -0.05) is 0 Å². The van der Waals surface area contributed by atoms with Crippen LogP contribution in [-0.2, 0) is 14.4 Å². The summed E-state index contributed by atoms with van der Waals surface area (Å²) < 4.78 is 5.03. The van der Waals surface area contributed by atoms with Crippen LogP contribution in [0.2, 0.25) is 0 Å². The van der Waals surface area contributed by atoms with Gasteiger partial charge in [-0.05, 0) is 13.3 Å². The number of hydroxylamine groups is 2. The number of hydrogen-bond donors (Lipinski definition) is 0. The Bertz CT molecular complexity index is 240. The third kappa shape index (κ3) is 0.630. The minimum atomic E-state index is -0.0990. The van der Waals surface area contributed by atoms with Crippen molar-refractivity contribution in [3.8, 4) is 0 Å². The molecule has 3 rings (SSSR count). The summed E-state index contributed by atoms with van der Waals surface area (Å²) in [5, 5.41) is 1.85. The highest BCUT2D eigenvalue weighted by Gasteiger charge is 2.58. The van der Waals surface area contributed by atoms with Crippen molar-refractivity contribution < 1.29 is 14.4 Å². The van der Waals surface area contributed by atoms with Crippen molar-refractivity contribution in [2.75, 3.05) is 6.61 Å². The molecule has 4 nitrogen and oxygen atoms in total. The monoisotopic (exact) mass is 169 g/mol. The fourth-order valence-corrected chi connectivity index (χ4v) is 2.52. The summed E-state index contributed by atoms with van der Waals surface area (Å²) >= 11 is 0. The van der Waals surface area contributed by atoms with Crippen LogP contribution >= 0.6 is 0 Å². The summed E-state index contributed by atoms with van der Waals surface area (Å²) in [5.74, 6) is 0.267. The van der Waals surface area contributed by atoms with Crippen LogP contribution in [0.4, 0.5) is 0 Å². The van der Waals surface area contributed by atoms with Crippen LogP contribution in [0.1, 0.15) is 13.3 Å². The summed E-state index contributed by atoms with van der Waals surface area (Å²) in [6.45, 7) is 2.53. The maximum absolute atomic E-state index is 11.3. The molecule has 4 heteroatoms. The Morgan fingerprint density at radius 2 is 2.42 bits per heavy atom. The van der Waals surface area contributed by atoms with Gasteiger partial charge >= 0.3 is 5.97 Å². The normalized spacial score (nSPS) is 55.8. The van der Waals surface area contributed by atoms with Crippen LogP contribution in [0, 0.1) is 5.92 Å². The van der Waals surface area contributed by atoms with Crippen molar-refractivity contribution in [3.05, 3.63) is 0 Å². The first-order valence-corrected chi connectivity index (χ1v) is 4.39. The molecule has 0 saturated carbocycles. The summed E-state index contributed by atoms with van der Waals surface area (Å²) in [6.07, 6.45) is 1.24. The molecular weight excluding hydrogens is 158 g/mol. The van der Waals surface area contributed by atoms with E-state index in [2.05, 4.69) is 0 Å². The molecule has 4 bridgehead atoms. The van der Waals surface area contributed by atoms with Gasteiger partial charge in [-0.15, -0.1) is 0 Å². The smallest absolute Gasteiger partial charge is 0.326 e. The lowest BCUT2D eigenvalue weighted by atomic mass is 9.95. The Kier molecular flexibility index (Phi) is 1.14. The molecule has 0 aromatic carbocycles. The van der Waals surface area contributed by atoms with Gasteiger partial charge in [0.1, 0.15) is 12.6 Å². The lowest BCUT2D eigenvalue weighted by Gasteiger charge is -2.30. The van der Waals surface area contributed by atoms with Gasteiger partial charge in [0.15, 0.2) is 0 Å². The van der Waals surface area contributed by atoms with E-state index < -0.39 is 0 Å². The molecule has 3 heterocycles. The first-order valence-electron chi connectivity index (χ1n) is 4.39. The molecule has 0 amide bonds. The first kappa shape index (κ1) is 6.86. The van der Waals surface area contributed by atoms with E-state index in [9.17, 15) is 4.79 Å². The van der Waals surface area contributed by atoms with Gasteiger partial charge in [-0.3, -0.25) is 9.63 Å². The second-order valence-electron chi connectivity index (χ2n) is 3.80. The zero-order valence-corrected chi connectivity index (χ0v) is 6.90. The van der Waals surface area contributed by atoms with E-state index in [1.165, 1.54) is 0 Å². The van der Waals surface area contributed by atoms with Gasteiger partial charge in [0.2, 0.25) is 0 Å². The largest absolute Gasteiger partial charge is 0.463 e. The van der Waals surface area contributed by atoms with Gasteiger partial charge in [0.25, 0.3) is 0 Å². The van der Waals surface area contributed by atoms with Crippen LogP contribution < -0.4 is 0 Å². The molecule has 0 radical (unpaired) electrons. The molecule has 1 unspecified atom stereocenters. The van der Waals surface area contributed by atoms with Crippen molar-refractivity contribution in [1.82, 2.24) is 5.06 Å². The lowest BCUT2D eigenvalue weighted by molar-refractivity contribution is -0.224. The van der Waals surface area contributed by atoms with Crippen LogP contribution in [0.3, 0.4) is 0 Å². The highest BCUT2D eigenvalue weighted by molar-refractivity contribution is 5.78. The molecule has 0 aliphatic carbocycles. The number of carbonyl (C=O) groups excluding carboxylic acids is 1. The number of hydrogen-bond acceptors (Lipinski definition) is 4. The second-order valence-corrected chi connectivity index (χ2v) is 3.80. The van der Waals surface area contributed by atoms with E-state index in [0.717, 1.165) is 6.42 Å². The third-order valence-corrected chi connectivity index (χ3v) is 3.13. The molecule has 5 atom stereocenters. The molecule has 0 aromatic rings. The number of morpholine rings is 1. The number of nitrogens with zero attached hydrogens (tertiary/aromatic N) is 1. The standard InChI is InChI=1S/C8H11NO3/c1-4-6-2-5-3-11-8(10)7(6)9(5)12-4/h4-7H,2-3H2,1H3/t4-,5-,6-,7+/m1/s1. The van der Waals surface area contributed by atoms with E-state index in [0.29, 0.717) is 18.6 Å². The van der Waals surface area contributed by atoms with E-state index in [1.807, 2.05) is 12.0 Å². The minimum absolute atomic E-state index is 0.0984. The van der Waals surface area contributed by atoms with Crippen LogP contribution in [0.15, 0.2) is 0 Å². The Morgan fingerprint density at radius 3 is 3.17 bits per heavy atom. The Balaban J connectivity index is 1.98. The zero-order chi connectivity index (χ0) is 8.29. The Hall–Kier alpha value is -0.610. The number of carbonyl (C=O) groups is 1. The predicted octanol–water partition coefficient (Wildman–Crippen LogP) is -0.0640.